The third-order valence-corrected chi connectivity index (χ3v) is 3.04. The molecule has 90 valence electrons. The molecule has 3 rings (SSSR count). The van der Waals surface area contributed by atoms with E-state index in [2.05, 4.69) is 20.2 Å². The van der Waals surface area contributed by atoms with Crippen LogP contribution in [-0.2, 0) is 0 Å². The largest absolute Gasteiger partial charge is 0.364 e. The normalized spacial score (nSPS) is 21.0. The Morgan fingerprint density at radius 1 is 1.47 bits per heavy atom. The third kappa shape index (κ3) is 1.78. The number of nitrogens with zero attached hydrogens (tertiary/aromatic N) is 4. The second-order valence-electron chi connectivity index (χ2n) is 4.34. The lowest BCUT2D eigenvalue weighted by Gasteiger charge is -2.31. The highest BCUT2D eigenvalue weighted by molar-refractivity contribution is 5.45. The molecule has 2 aromatic heterocycles. The zero-order chi connectivity index (χ0) is 11.8. The summed E-state index contributed by atoms with van der Waals surface area (Å²) in [4.78, 5) is 13.5. The van der Waals surface area contributed by atoms with Gasteiger partial charge >= 0.3 is 5.69 Å². The minimum Gasteiger partial charge on any atom is -0.354 e. The van der Waals surface area contributed by atoms with E-state index in [1.54, 1.807) is 6.07 Å². The molecule has 3 N–H and O–H groups in total. The van der Waals surface area contributed by atoms with E-state index in [9.17, 15) is 4.79 Å². The molecule has 0 saturated carbocycles. The molecule has 0 unspecified atom stereocenters. The first-order valence-corrected chi connectivity index (χ1v) is 5.69. The maximum absolute atomic E-state index is 11.4. The number of hydrogen-bond acceptors (Lipinski definition) is 5. The summed E-state index contributed by atoms with van der Waals surface area (Å²) < 4.78 is 1.27. The molecule has 7 heteroatoms. The summed E-state index contributed by atoms with van der Waals surface area (Å²) in [7, 11) is 0. The van der Waals surface area contributed by atoms with Crippen LogP contribution in [0.1, 0.15) is 12.8 Å². The zero-order valence-electron chi connectivity index (χ0n) is 9.33. The van der Waals surface area contributed by atoms with E-state index >= 15 is 0 Å². The van der Waals surface area contributed by atoms with Gasteiger partial charge < -0.3 is 10.6 Å². The molecular weight excluding hydrogens is 220 g/mol. The molecule has 0 aromatic carbocycles. The summed E-state index contributed by atoms with van der Waals surface area (Å²) in [5, 5.41) is 10.5. The van der Waals surface area contributed by atoms with E-state index < -0.39 is 0 Å². The molecule has 1 aliphatic rings. The number of hydrogen-bond donors (Lipinski definition) is 2. The predicted octanol–water partition coefficient (Wildman–Crippen LogP) is -0.655. The molecule has 2 aromatic rings. The quantitative estimate of drug-likeness (QED) is 0.683. The summed E-state index contributed by atoms with van der Waals surface area (Å²) in [6, 6.07) is 3.83. The van der Waals surface area contributed by atoms with Crippen molar-refractivity contribution in [3.05, 3.63) is 22.6 Å². The fraction of sp³-hybridized carbons (Fsp3) is 0.500. The molecule has 0 aliphatic carbocycles. The van der Waals surface area contributed by atoms with E-state index in [1.807, 2.05) is 6.07 Å². The number of nitrogens with two attached hydrogens (primary N) is 1. The van der Waals surface area contributed by atoms with Gasteiger partial charge in [-0.25, -0.2) is 9.89 Å². The molecule has 3 heterocycles. The summed E-state index contributed by atoms with van der Waals surface area (Å²) in [5.41, 5.74) is 6.14. The Kier molecular flexibility index (Phi) is 2.32. The lowest BCUT2D eigenvalue weighted by Crippen LogP contribution is -2.43. The number of aromatic nitrogens is 4. The van der Waals surface area contributed by atoms with Gasteiger partial charge in [0.1, 0.15) is 5.82 Å². The first kappa shape index (κ1) is 10.3. The predicted molar refractivity (Wildman–Crippen MR) is 63.0 cm³/mol. The molecule has 7 nitrogen and oxygen atoms in total. The van der Waals surface area contributed by atoms with Crippen molar-refractivity contribution in [3.63, 3.8) is 0 Å². The fourth-order valence-electron chi connectivity index (χ4n) is 2.18. The number of nitrogens with one attached hydrogen (secondary N) is 1. The average molecular weight is 234 g/mol. The molecule has 0 radical (unpaired) electrons. The van der Waals surface area contributed by atoms with Crippen LogP contribution in [0.15, 0.2) is 16.9 Å². The van der Waals surface area contributed by atoms with Gasteiger partial charge in [-0.15, -0.1) is 5.10 Å². The Balaban J connectivity index is 1.99. The van der Waals surface area contributed by atoms with Gasteiger partial charge in [-0.1, -0.05) is 0 Å². The lowest BCUT2D eigenvalue weighted by atomic mass is 10.1. The van der Waals surface area contributed by atoms with Crippen LogP contribution in [0.25, 0.3) is 5.65 Å². The Labute approximate surface area is 97.2 Å². The van der Waals surface area contributed by atoms with Crippen LogP contribution in [0, 0.1) is 0 Å². The third-order valence-electron chi connectivity index (χ3n) is 3.04. The number of aromatic amines is 1. The SMILES string of the molecule is N[C@@H]1CCCN(c2ccc3n[nH]c(=O)n3n2)C1. The first-order valence-electron chi connectivity index (χ1n) is 5.69. The van der Waals surface area contributed by atoms with Gasteiger partial charge in [0.25, 0.3) is 0 Å². The van der Waals surface area contributed by atoms with E-state index in [4.69, 9.17) is 5.73 Å². The van der Waals surface area contributed by atoms with Crippen LogP contribution >= 0.6 is 0 Å². The minimum atomic E-state index is -0.317. The Morgan fingerprint density at radius 3 is 3.18 bits per heavy atom. The first-order chi connectivity index (χ1) is 8.24. The standard InChI is InChI=1S/C10H14N6O/c11-7-2-1-5-15(6-7)9-4-3-8-12-13-10(17)16(8)14-9/h3-4,7H,1-2,5-6,11H2,(H,13,17)/t7-/m1/s1. The van der Waals surface area contributed by atoms with E-state index in [0.717, 1.165) is 31.7 Å². The van der Waals surface area contributed by atoms with Gasteiger partial charge in [-0.2, -0.15) is 9.61 Å². The monoisotopic (exact) mass is 234 g/mol. The maximum Gasteiger partial charge on any atom is 0.364 e. The second-order valence-corrected chi connectivity index (χ2v) is 4.34. The summed E-state index contributed by atoms with van der Waals surface area (Å²) in [5.74, 6) is 0.774. The van der Waals surface area contributed by atoms with Gasteiger partial charge in [0.2, 0.25) is 0 Å². The van der Waals surface area contributed by atoms with E-state index in [-0.39, 0.29) is 11.7 Å². The van der Waals surface area contributed by atoms with Crippen molar-refractivity contribution in [1.82, 2.24) is 19.8 Å². The van der Waals surface area contributed by atoms with Gasteiger partial charge in [-0.3, -0.25) is 0 Å². The second kappa shape index (κ2) is 3.85. The molecular formula is C10H14N6O. The van der Waals surface area contributed by atoms with Crippen LogP contribution in [0.3, 0.4) is 0 Å². The summed E-state index contributed by atoms with van der Waals surface area (Å²) in [6.07, 6.45) is 2.10. The van der Waals surface area contributed by atoms with E-state index in [1.165, 1.54) is 4.52 Å². The number of H-pyrrole nitrogens is 1. The van der Waals surface area contributed by atoms with Crippen LogP contribution < -0.4 is 16.3 Å². The number of anilines is 1. The molecule has 1 fully saturated rings. The van der Waals surface area contributed by atoms with Gasteiger partial charge in [0.05, 0.1) is 0 Å². The molecule has 0 bridgehead atoms. The van der Waals surface area contributed by atoms with Crippen molar-refractivity contribution < 1.29 is 0 Å². The highest BCUT2D eigenvalue weighted by Gasteiger charge is 2.18. The number of fused-ring (bicyclic) bond motifs is 1. The lowest BCUT2D eigenvalue weighted by molar-refractivity contribution is 0.501. The van der Waals surface area contributed by atoms with Gasteiger partial charge in [0, 0.05) is 19.1 Å². The van der Waals surface area contributed by atoms with Crippen LogP contribution in [-0.4, -0.2) is 38.9 Å². The highest BCUT2D eigenvalue weighted by Crippen LogP contribution is 2.16. The van der Waals surface area contributed by atoms with Crippen molar-refractivity contribution in [3.8, 4) is 0 Å². The Morgan fingerprint density at radius 2 is 2.35 bits per heavy atom. The fourth-order valence-corrected chi connectivity index (χ4v) is 2.18. The van der Waals surface area contributed by atoms with Crippen LogP contribution in [0.4, 0.5) is 5.82 Å². The Bertz CT molecular complexity index is 588. The van der Waals surface area contributed by atoms with Crippen molar-refractivity contribution in [2.75, 3.05) is 18.0 Å². The smallest absolute Gasteiger partial charge is 0.354 e. The molecule has 1 atom stereocenters. The number of piperidine rings is 1. The van der Waals surface area contributed by atoms with Gasteiger partial charge in [0.15, 0.2) is 5.65 Å². The summed E-state index contributed by atoms with van der Waals surface area (Å²) in [6.45, 7) is 1.71. The van der Waals surface area contributed by atoms with Crippen molar-refractivity contribution >= 4 is 11.5 Å². The molecule has 0 amide bonds. The zero-order valence-corrected chi connectivity index (χ0v) is 9.33. The Hall–Kier alpha value is -1.89. The average Bonchev–Trinajstić information content (AvgIpc) is 2.71. The van der Waals surface area contributed by atoms with Crippen LogP contribution in [0.5, 0.6) is 0 Å². The van der Waals surface area contributed by atoms with Crippen molar-refractivity contribution in [1.29, 1.82) is 0 Å². The maximum atomic E-state index is 11.4. The van der Waals surface area contributed by atoms with Crippen molar-refractivity contribution in [2.24, 2.45) is 5.73 Å². The van der Waals surface area contributed by atoms with Crippen LogP contribution in [0.2, 0.25) is 0 Å². The van der Waals surface area contributed by atoms with Crippen molar-refractivity contribution in [2.45, 2.75) is 18.9 Å². The van der Waals surface area contributed by atoms with E-state index in [0.29, 0.717) is 5.65 Å². The summed E-state index contributed by atoms with van der Waals surface area (Å²) >= 11 is 0. The highest BCUT2D eigenvalue weighted by atomic mass is 16.2. The molecule has 0 spiro atoms. The number of rotatable bonds is 1. The molecule has 1 aliphatic heterocycles. The molecule has 17 heavy (non-hydrogen) atoms. The minimum absolute atomic E-state index is 0.183. The van der Waals surface area contributed by atoms with Gasteiger partial charge in [-0.05, 0) is 25.0 Å². The topological polar surface area (TPSA) is 92.3 Å². The molecule has 1 saturated heterocycles.